The van der Waals surface area contributed by atoms with Crippen molar-refractivity contribution in [1.82, 2.24) is 15.0 Å². The largest absolute Gasteiger partial charge is 0.318 e. The first-order chi connectivity index (χ1) is 12.5. The van der Waals surface area contributed by atoms with Crippen LogP contribution >= 0.6 is 0 Å². The summed E-state index contributed by atoms with van der Waals surface area (Å²) in [6.07, 6.45) is 4.81. The van der Waals surface area contributed by atoms with Crippen molar-refractivity contribution in [2.24, 2.45) is 5.10 Å². The van der Waals surface area contributed by atoms with Crippen molar-refractivity contribution in [2.45, 2.75) is 27.7 Å². The summed E-state index contributed by atoms with van der Waals surface area (Å²) in [6, 6.07) is 11.9. The fourth-order valence-corrected chi connectivity index (χ4v) is 2.90. The van der Waals surface area contributed by atoms with E-state index in [1.165, 1.54) is 17.3 Å². The molecule has 5 nitrogen and oxygen atoms in total. The normalized spacial score (nSPS) is 11.1. The minimum atomic E-state index is -0.280. The molecule has 1 amide bonds. The van der Waals surface area contributed by atoms with Gasteiger partial charge in [0.05, 0.1) is 11.8 Å². The molecule has 0 spiro atoms. The number of hydrazone groups is 1. The summed E-state index contributed by atoms with van der Waals surface area (Å²) in [4.78, 5) is 15.9. The number of aromatic nitrogens is 2. The minimum absolute atomic E-state index is 0.280. The molecule has 0 saturated carbocycles. The zero-order chi connectivity index (χ0) is 18.7. The monoisotopic (exact) mass is 346 g/mol. The van der Waals surface area contributed by atoms with Gasteiger partial charge in [0.15, 0.2) is 0 Å². The molecule has 0 saturated heterocycles. The molecule has 0 unspecified atom stereocenters. The van der Waals surface area contributed by atoms with E-state index >= 15 is 0 Å². The van der Waals surface area contributed by atoms with E-state index in [0.717, 1.165) is 22.6 Å². The molecule has 0 bridgehead atoms. The Kier molecular flexibility index (Phi) is 4.98. The van der Waals surface area contributed by atoms with Gasteiger partial charge in [-0.2, -0.15) is 5.10 Å². The lowest BCUT2D eigenvalue weighted by molar-refractivity contribution is 0.0955. The molecule has 0 aliphatic carbocycles. The number of pyridine rings is 1. The molecule has 3 rings (SSSR count). The Balaban J connectivity index is 1.81. The summed E-state index contributed by atoms with van der Waals surface area (Å²) in [5, 5.41) is 4.09. The van der Waals surface area contributed by atoms with E-state index < -0.39 is 0 Å². The standard InChI is InChI=1S/C21H22N4O/c1-14-7-8-20(10-15(14)2)25-16(3)11-19(17(25)4)13-23-24-21(26)18-6-5-9-22-12-18/h5-13H,1-4H3,(H,24,26)/b23-13-. The summed E-state index contributed by atoms with van der Waals surface area (Å²) in [5.41, 5.74) is 9.83. The van der Waals surface area contributed by atoms with Crippen LogP contribution in [0.25, 0.3) is 5.69 Å². The van der Waals surface area contributed by atoms with Crippen molar-refractivity contribution >= 4 is 12.1 Å². The third-order valence-electron chi connectivity index (χ3n) is 4.51. The summed E-state index contributed by atoms with van der Waals surface area (Å²) < 4.78 is 2.19. The van der Waals surface area contributed by atoms with Crippen molar-refractivity contribution < 1.29 is 4.79 Å². The highest BCUT2D eigenvalue weighted by molar-refractivity contribution is 5.94. The average Bonchev–Trinajstić information content (AvgIpc) is 2.92. The third-order valence-corrected chi connectivity index (χ3v) is 4.51. The lowest BCUT2D eigenvalue weighted by Gasteiger charge is -2.11. The fourth-order valence-electron chi connectivity index (χ4n) is 2.90. The maximum absolute atomic E-state index is 12.0. The zero-order valence-electron chi connectivity index (χ0n) is 15.4. The van der Waals surface area contributed by atoms with Gasteiger partial charge in [0, 0.05) is 35.0 Å². The van der Waals surface area contributed by atoms with Crippen LogP contribution in [0.3, 0.4) is 0 Å². The van der Waals surface area contributed by atoms with Gasteiger partial charge < -0.3 is 4.57 Å². The van der Waals surface area contributed by atoms with Crippen molar-refractivity contribution in [3.05, 3.63) is 82.4 Å². The van der Waals surface area contributed by atoms with Crippen LogP contribution < -0.4 is 5.43 Å². The number of carbonyl (C=O) groups excluding carboxylic acids is 1. The number of rotatable bonds is 4. The first kappa shape index (κ1) is 17.6. The highest BCUT2D eigenvalue weighted by Crippen LogP contribution is 2.21. The molecule has 1 N–H and O–H groups in total. The Labute approximate surface area is 153 Å². The van der Waals surface area contributed by atoms with Gasteiger partial charge in [0.2, 0.25) is 0 Å². The van der Waals surface area contributed by atoms with Gasteiger partial charge in [-0.15, -0.1) is 0 Å². The Bertz CT molecular complexity index is 971. The molecule has 0 aliphatic heterocycles. The number of nitrogens with one attached hydrogen (secondary N) is 1. The number of carbonyl (C=O) groups is 1. The minimum Gasteiger partial charge on any atom is -0.318 e. The topological polar surface area (TPSA) is 59.3 Å². The highest BCUT2D eigenvalue weighted by Gasteiger charge is 2.10. The molecular formula is C21H22N4O. The highest BCUT2D eigenvalue weighted by atomic mass is 16.2. The van der Waals surface area contributed by atoms with Crippen LogP contribution in [0.15, 0.2) is 53.9 Å². The smallest absolute Gasteiger partial charge is 0.272 e. The zero-order valence-corrected chi connectivity index (χ0v) is 15.4. The van der Waals surface area contributed by atoms with Gasteiger partial charge in [0.25, 0.3) is 5.91 Å². The van der Waals surface area contributed by atoms with E-state index in [2.05, 4.69) is 65.1 Å². The van der Waals surface area contributed by atoms with Crippen molar-refractivity contribution in [3.63, 3.8) is 0 Å². The molecule has 26 heavy (non-hydrogen) atoms. The number of hydrogen-bond acceptors (Lipinski definition) is 3. The van der Waals surface area contributed by atoms with E-state index in [9.17, 15) is 4.79 Å². The van der Waals surface area contributed by atoms with Crippen LogP contribution in [0.1, 0.15) is 38.4 Å². The van der Waals surface area contributed by atoms with Gasteiger partial charge in [-0.3, -0.25) is 9.78 Å². The number of hydrogen-bond donors (Lipinski definition) is 1. The predicted molar refractivity (Wildman–Crippen MR) is 104 cm³/mol. The quantitative estimate of drug-likeness (QED) is 0.576. The van der Waals surface area contributed by atoms with Crippen molar-refractivity contribution in [3.8, 4) is 5.69 Å². The molecule has 0 aliphatic rings. The van der Waals surface area contributed by atoms with Gasteiger partial charge in [-0.25, -0.2) is 5.43 Å². The van der Waals surface area contributed by atoms with E-state index in [0.29, 0.717) is 5.56 Å². The SMILES string of the molecule is Cc1ccc(-n2c(C)cc(/C=N\NC(=O)c3cccnc3)c2C)cc1C. The Morgan fingerprint density at radius 3 is 2.62 bits per heavy atom. The number of amides is 1. The maximum atomic E-state index is 12.0. The van der Waals surface area contributed by atoms with E-state index in [1.807, 2.05) is 6.92 Å². The molecule has 5 heteroatoms. The number of benzene rings is 1. The van der Waals surface area contributed by atoms with Crippen LogP contribution in [-0.4, -0.2) is 21.7 Å². The number of nitrogens with zero attached hydrogens (tertiary/aromatic N) is 3. The van der Waals surface area contributed by atoms with Gasteiger partial charge in [-0.05, 0) is 69.2 Å². The fraction of sp³-hybridized carbons (Fsp3) is 0.190. The summed E-state index contributed by atoms with van der Waals surface area (Å²) in [6.45, 7) is 8.33. The van der Waals surface area contributed by atoms with Gasteiger partial charge in [-0.1, -0.05) is 6.07 Å². The van der Waals surface area contributed by atoms with E-state index in [4.69, 9.17) is 0 Å². The Morgan fingerprint density at radius 1 is 1.12 bits per heavy atom. The molecule has 3 aromatic rings. The second-order valence-corrected chi connectivity index (χ2v) is 6.37. The molecule has 132 valence electrons. The molecule has 0 fully saturated rings. The van der Waals surface area contributed by atoms with Crippen LogP contribution in [0.4, 0.5) is 0 Å². The van der Waals surface area contributed by atoms with Crippen LogP contribution in [-0.2, 0) is 0 Å². The lowest BCUT2D eigenvalue weighted by Crippen LogP contribution is -2.17. The van der Waals surface area contributed by atoms with Crippen LogP contribution in [0.2, 0.25) is 0 Å². The first-order valence-corrected chi connectivity index (χ1v) is 8.47. The average molecular weight is 346 g/mol. The maximum Gasteiger partial charge on any atom is 0.272 e. The third kappa shape index (κ3) is 3.57. The van der Waals surface area contributed by atoms with Crippen molar-refractivity contribution in [2.75, 3.05) is 0 Å². The molecule has 0 radical (unpaired) electrons. The van der Waals surface area contributed by atoms with Crippen LogP contribution in [0.5, 0.6) is 0 Å². The number of aryl methyl sites for hydroxylation is 3. The first-order valence-electron chi connectivity index (χ1n) is 8.47. The van der Waals surface area contributed by atoms with E-state index in [1.54, 1.807) is 24.5 Å². The molecular weight excluding hydrogens is 324 g/mol. The Hall–Kier alpha value is -3.21. The molecule has 0 atom stereocenters. The lowest BCUT2D eigenvalue weighted by atomic mass is 10.1. The molecule has 2 aromatic heterocycles. The molecule has 2 heterocycles. The second-order valence-electron chi connectivity index (χ2n) is 6.37. The molecule has 1 aromatic carbocycles. The van der Waals surface area contributed by atoms with Crippen LogP contribution in [0, 0.1) is 27.7 Å². The van der Waals surface area contributed by atoms with Gasteiger partial charge >= 0.3 is 0 Å². The predicted octanol–water partition coefficient (Wildman–Crippen LogP) is 3.87. The second kappa shape index (κ2) is 7.35. The summed E-state index contributed by atoms with van der Waals surface area (Å²) >= 11 is 0. The summed E-state index contributed by atoms with van der Waals surface area (Å²) in [5.74, 6) is -0.280. The van der Waals surface area contributed by atoms with Crippen molar-refractivity contribution in [1.29, 1.82) is 0 Å². The Morgan fingerprint density at radius 2 is 1.92 bits per heavy atom. The summed E-state index contributed by atoms with van der Waals surface area (Å²) in [7, 11) is 0. The van der Waals surface area contributed by atoms with Gasteiger partial charge in [0.1, 0.15) is 0 Å². The van der Waals surface area contributed by atoms with E-state index in [-0.39, 0.29) is 5.91 Å².